The number of non-ortho nitro benzene ring substituents is 1. The van der Waals surface area contributed by atoms with Gasteiger partial charge in [-0.1, -0.05) is 0 Å². The number of likely N-dealkylation sites (tertiary alicyclic amines) is 1. The maximum absolute atomic E-state index is 12.5. The number of rotatable bonds is 6. The van der Waals surface area contributed by atoms with Gasteiger partial charge < -0.3 is 14.6 Å². The van der Waals surface area contributed by atoms with Gasteiger partial charge in [-0.25, -0.2) is 0 Å². The Hall–Kier alpha value is -2.87. The largest absolute Gasteiger partial charge is 0.495 e. The van der Waals surface area contributed by atoms with Crippen LogP contribution in [0.25, 0.3) is 0 Å². The Kier molecular flexibility index (Phi) is 5.22. The van der Waals surface area contributed by atoms with Crippen molar-refractivity contribution in [1.29, 1.82) is 0 Å². The van der Waals surface area contributed by atoms with Crippen LogP contribution in [0.5, 0.6) is 5.75 Å². The normalized spacial score (nSPS) is 17.2. The van der Waals surface area contributed by atoms with Crippen molar-refractivity contribution >= 4 is 17.3 Å². The van der Waals surface area contributed by atoms with Gasteiger partial charge in [0, 0.05) is 31.1 Å². The molecule has 1 amide bonds. The molecule has 0 bridgehead atoms. The standard InChI is InChI=1S/C18H22N4O4/c1-20-9-3-5-15(20)16-6-4-10-21(16)12-18(23)19-14-11-13(22(24)25)7-8-17(14)26-2/h3,5,7-9,11,16H,4,6,10,12H2,1-2H3,(H,19,23)/t16-/m0/s1. The molecule has 1 aliphatic heterocycles. The number of hydrogen-bond donors (Lipinski definition) is 1. The van der Waals surface area contributed by atoms with Gasteiger partial charge in [0.2, 0.25) is 5.91 Å². The molecule has 1 fully saturated rings. The third kappa shape index (κ3) is 3.70. The van der Waals surface area contributed by atoms with Crippen molar-refractivity contribution in [3.05, 3.63) is 52.3 Å². The van der Waals surface area contributed by atoms with Crippen LogP contribution in [0.2, 0.25) is 0 Å². The van der Waals surface area contributed by atoms with E-state index in [0.29, 0.717) is 11.4 Å². The summed E-state index contributed by atoms with van der Waals surface area (Å²) in [5.74, 6) is 0.175. The summed E-state index contributed by atoms with van der Waals surface area (Å²) in [6, 6.07) is 8.42. The maximum Gasteiger partial charge on any atom is 0.271 e. The van der Waals surface area contributed by atoms with Crippen molar-refractivity contribution in [2.75, 3.05) is 25.5 Å². The van der Waals surface area contributed by atoms with Gasteiger partial charge in [-0.3, -0.25) is 19.8 Å². The van der Waals surface area contributed by atoms with E-state index in [1.807, 2.05) is 19.3 Å². The van der Waals surface area contributed by atoms with Crippen LogP contribution < -0.4 is 10.1 Å². The summed E-state index contributed by atoms with van der Waals surface area (Å²) in [7, 11) is 3.46. The Morgan fingerprint density at radius 3 is 2.88 bits per heavy atom. The average Bonchev–Trinajstić information content (AvgIpc) is 3.23. The number of amides is 1. The van der Waals surface area contributed by atoms with E-state index in [9.17, 15) is 14.9 Å². The molecule has 0 radical (unpaired) electrons. The van der Waals surface area contributed by atoms with Gasteiger partial charge in [-0.05, 0) is 37.6 Å². The van der Waals surface area contributed by atoms with Gasteiger partial charge in [0.25, 0.3) is 5.69 Å². The van der Waals surface area contributed by atoms with E-state index in [1.54, 1.807) is 0 Å². The molecular formula is C18H22N4O4. The fourth-order valence-corrected chi connectivity index (χ4v) is 3.45. The Morgan fingerprint density at radius 2 is 2.23 bits per heavy atom. The van der Waals surface area contributed by atoms with E-state index in [-0.39, 0.29) is 24.2 Å². The lowest BCUT2D eigenvalue weighted by molar-refractivity contribution is -0.384. The first-order valence-electron chi connectivity index (χ1n) is 8.47. The van der Waals surface area contributed by atoms with E-state index in [4.69, 9.17) is 4.74 Å². The smallest absolute Gasteiger partial charge is 0.271 e. The van der Waals surface area contributed by atoms with Crippen molar-refractivity contribution in [1.82, 2.24) is 9.47 Å². The van der Waals surface area contributed by atoms with Crippen LogP contribution in [0, 0.1) is 10.1 Å². The number of ether oxygens (including phenoxy) is 1. The van der Waals surface area contributed by atoms with Gasteiger partial charge in [0.05, 0.1) is 30.3 Å². The number of aryl methyl sites for hydroxylation is 1. The van der Waals surface area contributed by atoms with Crippen LogP contribution in [0.15, 0.2) is 36.5 Å². The van der Waals surface area contributed by atoms with Crippen LogP contribution in [-0.2, 0) is 11.8 Å². The SMILES string of the molecule is COc1ccc([N+](=O)[O-])cc1NC(=O)CN1CCC[C@H]1c1cccn1C. The number of carbonyl (C=O) groups is 1. The number of nitrogens with one attached hydrogen (secondary N) is 1. The van der Waals surface area contributed by atoms with Crippen molar-refractivity contribution in [3.63, 3.8) is 0 Å². The number of nitro benzene ring substituents is 1. The number of methoxy groups -OCH3 is 1. The molecule has 3 rings (SSSR count). The molecule has 2 heterocycles. The summed E-state index contributed by atoms with van der Waals surface area (Å²) in [4.78, 5) is 25.1. The first kappa shape index (κ1) is 17.9. The fourth-order valence-electron chi connectivity index (χ4n) is 3.45. The van der Waals surface area contributed by atoms with Gasteiger partial charge >= 0.3 is 0 Å². The highest BCUT2D eigenvalue weighted by molar-refractivity contribution is 5.94. The maximum atomic E-state index is 12.5. The molecule has 26 heavy (non-hydrogen) atoms. The molecule has 1 atom stereocenters. The Labute approximate surface area is 151 Å². The number of nitrogens with zero attached hydrogens (tertiary/aromatic N) is 3. The van der Waals surface area contributed by atoms with Gasteiger partial charge in [0.15, 0.2) is 0 Å². The Bertz CT molecular complexity index is 817. The molecule has 0 aliphatic carbocycles. The fraction of sp³-hybridized carbons (Fsp3) is 0.389. The molecule has 1 aromatic heterocycles. The molecular weight excluding hydrogens is 336 g/mol. The van der Waals surface area contributed by atoms with Crippen LogP contribution in [0.4, 0.5) is 11.4 Å². The summed E-state index contributed by atoms with van der Waals surface area (Å²) in [5.41, 5.74) is 1.40. The number of nitro groups is 1. The van der Waals surface area contributed by atoms with Crippen LogP contribution >= 0.6 is 0 Å². The number of benzene rings is 1. The van der Waals surface area contributed by atoms with Crippen molar-refractivity contribution in [2.24, 2.45) is 7.05 Å². The zero-order chi connectivity index (χ0) is 18.7. The lowest BCUT2D eigenvalue weighted by Gasteiger charge is -2.24. The van der Waals surface area contributed by atoms with Gasteiger partial charge in [-0.2, -0.15) is 0 Å². The van der Waals surface area contributed by atoms with Crippen LogP contribution in [-0.4, -0.2) is 40.5 Å². The highest BCUT2D eigenvalue weighted by Crippen LogP contribution is 2.32. The molecule has 8 nitrogen and oxygen atoms in total. The predicted octanol–water partition coefficient (Wildman–Crippen LogP) is 2.72. The van der Waals surface area contributed by atoms with E-state index >= 15 is 0 Å². The van der Waals surface area contributed by atoms with E-state index in [1.165, 1.54) is 31.0 Å². The molecule has 0 spiro atoms. The minimum atomic E-state index is -0.499. The van der Waals surface area contributed by atoms with Crippen molar-refractivity contribution in [2.45, 2.75) is 18.9 Å². The lowest BCUT2D eigenvalue weighted by atomic mass is 10.1. The average molecular weight is 358 g/mol. The lowest BCUT2D eigenvalue weighted by Crippen LogP contribution is -2.33. The number of aromatic nitrogens is 1. The first-order chi connectivity index (χ1) is 12.5. The van der Waals surface area contributed by atoms with Gasteiger partial charge in [-0.15, -0.1) is 0 Å². The summed E-state index contributed by atoms with van der Waals surface area (Å²) in [6.07, 6.45) is 4.04. The zero-order valence-corrected chi connectivity index (χ0v) is 14.8. The van der Waals surface area contributed by atoms with Crippen LogP contribution in [0.3, 0.4) is 0 Å². The second kappa shape index (κ2) is 7.57. The molecule has 1 aliphatic rings. The third-order valence-corrected chi connectivity index (χ3v) is 4.70. The molecule has 1 saturated heterocycles. The molecule has 0 saturated carbocycles. The summed E-state index contributed by atoms with van der Waals surface area (Å²) in [5, 5.41) is 13.7. The summed E-state index contributed by atoms with van der Waals surface area (Å²) < 4.78 is 7.27. The third-order valence-electron chi connectivity index (χ3n) is 4.70. The minimum absolute atomic E-state index is 0.0936. The second-order valence-corrected chi connectivity index (χ2v) is 6.36. The first-order valence-corrected chi connectivity index (χ1v) is 8.47. The van der Waals surface area contributed by atoms with E-state index < -0.39 is 4.92 Å². The molecule has 8 heteroatoms. The monoisotopic (exact) mass is 358 g/mol. The highest BCUT2D eigenvalue weighted by Gasteiger charge is 2.29. The second-order valence-electron chi connectivity index (χ2n) is 6.36. The molecule has 138 valence electrons. The number of hydrogen-bond acceptors (Lipinski definition) is 5. The summed E-state index contributed by atoms with van der Waals surface area (Å²) in [6.45, 7) is 1.07. The van der Waals surface area contributed by atoms with Crippen LogP contribution in [0.1, 0.15) is 24.6 Å². The molecule has 0 unspecified atom stereocenters. The number of anilines is 1. The van der Waals surface area contributed by atoms with Crippen molar-refractivity contribution in [3.8, 4) is 5.75 Å². The molecule has 1 aromatic carbocycles. The zero-order valence-electron chi connectivity index (χ0n) is 14.8. The minimum Gasteiger partial charge on any atom is -0.495 e. The Morgan fingerprint density at radius 1 is 1.42 bits per heavy atom. The highest BCUT2D eigenvalue weighted by atomic mass is 16.6. The van der Waals surface area contributed by atoms with Gasteiger partial charge in [0.1, 0.15) is 5.75 Å². The number of carbonyl (C=O) groups excluding carboxylic acids is 1. The van der Waals surface area contributed by atoms with Crippen molar-refractivity contribution < 1.29 is 14.5 Å². The van der Waals surface area contributed by atoms with E-state index in [0.717, 1.165) is 19.4 Å². The molecule has 2 aromatic rings. The quantitative estimate of drug-likeness (QED) is 0.633. The topological polar surface area (TPSA) is 89.6 Å². The summed E-state index contributed by atoms with van der Waals surface area (Å²) >= 11 is 0. The van der Waals surface area contributed by atoms with E-state index in [2.05, 4.69) is 20.9 Å². The predicted molar refractivity (Wildman–Crippen MR) is 97.2 cm³/mol. The Balaban J connectivity index is 1.72. The molecule has 1 N–H and O–H groups in total.